The van der Waals surface area contributed by atoms with Crippen LogP contribution in [-0.4, -0.2) is 66.7 Å². The Balaban J connectivity index is 2.16. The molecule has 18 heavy (non-hydrogen) atoms. The lowest BCUT2D eigenvalue weighted by Crippen LogP contribution is -2.41. The summed E-state index contributed by atoms with van der Waals surface area (Å²) < 4.78 is 0. The van der Waals surface area contributed by atoms with Crippen LogP contribution < -0.4 is 5.73 Å². The number of likely N-dealkylation sites (tertiary alicyclic amines) is 1. The van der Waals surface area contributed by atoms with Crippen molar-refractivity contribution in [1.82, 2.24) is 9.80 Å². The summed E-state index contributed by atoms with van der Waals surface area (Å²) in [6.45, 7) is 6.55. The molecule has 5 heteroatoms. The summed E-state index contributed by atoms with van der Waals surface area (Å²) in [5.74, 6) is 0.474. The predicted molar refractivity (Wildman–Crippen MR) is 72.2 cm³/mol. The minimum Gasteiger partial charge on any atom is -0.392 e. The molecule has 1 aliphatic heterocycles. The van der Waals surface area contributed by atoms with E-state index in [0.29, 0.717) is 12.3 Å². The number of carbonyl (C=O) groups is 1. The summed E-state index contributed by atoms with van der Waals surface area (Å²) in [6, 6.07) is 0. The maximum atomic E-state index is 10.7. The molecule has 1 atom stereocenters. The Hall–Kier alpha value is -0.650. The number of amides is 1. The molecule has 1 fully saturated rings. The molecule has 0 bridgehead atoms. The largest absolute Gasteiger partial charge is 0.392 e. The van der Waals surface area contributed by atoms with Crippen molar-refractivity contribution >= 4 is 5.91 Å². The van der Waals surface area contributed by atoms with Gasteiger partial charge in [-0.25, -0.2) is 0 Å². The lowest BCUT2D eigenvalue weighted by Gasteiger charge is -2.34. The molecule has 1 saturated heterocycles. The minimum atomic E-state index is -0.236. The third-order valence-electron chi connectivity index (χ3n) is 3.54. The van der Waals surface area contributed by atoms with Gasteiger partial charge in [-0.1, -0.05) is 0 Å². The molecule has 0 aromatic heterocycles. The van der Waals surface area contributed by atoms with Crippen LogP contribution in [0.2, 0.25) is 0 Å². The Bertz CT molecular complexity index is 251. The molecule has 1 heterocycles. The van der Waals surface area contributed by atoms with Gasteiger partial charge in [0.15, 0.2) is 0 Å². The quantitative estimate of drug-likeness (QED) is 0.667. The Morgan fingerprint density at radius 1 is 1.50 bits per heavy atom. The number of piperidine rings is 1. The van der Waals surface area contributed by atoms with Gasteiger partial charge in [0, 0.05) is 26.1 Å². The highest BCUT2D eigenvalue weighted by molar-refractivity contribution is 5.73. The van der Waals surface area contributed by atoms with Gasteiger partial charge >= 0.3 is 0 Å². The van der Waals surface area contributed by atoms with E-state index in [1.807, 2.05) is 14.0 Å². The van der Waals surface area contributed by atoms with E-state index in [0.717, 1.165) is 32.7 Å². The lowest BCUT2D eigenvalue weighted by molar-refractivity contribution is -0.118. The number of nitrogens with two attached hydrogens (primary N) is 1. The number of carbonyl (C=O) groups excluding carboxylic acids is 1. The van der Waals surface area contributed by atoms with E-state index in [-0.39, 0.29) is 12.0 Å². The van der Waals surface area contributed by atoms with Crippen LogP contribution >= 0.6 is 0 Å². The SMILES string of the molecule is CC(O)CN1CCC(CN(C)CCC(N)=O)CC1. The van der Waals surface area contributed by atoms with Gasteiger partial charge in [0.1, 0.15) is 0 Å². The second-order valence-electron chi connectivity index (χ2n) is 5.57. The maximum Gasteiger partial charge on any atom is 0.218 e. The fourth-order valence-electron chi connectivity index (χ4n) is 2.56. The average Bonchev–Trinajstić information content (AvgIpc) is 2.28. The van der Waals surface area contributed by atoms with E-state index in [9.17, 15) is 9.90 Å². The fourth-order valence-corrected chi connectivity index (χ4v) is 2.56. The van der Waals surface area contributed by atoms with Gasteiger partial charge in [-0.2, -0.15) is 0 Å². The first kappa shape index (κ1) is 15.4. The highest BCUT2D eigenvalue weighted by Gasteiger charge is 2.20. The highest BCUT2D eigenvalue weighted by atomic mass is 16.3. The van der Waals surface area contributed by atoms with Crippen molar-refractivity contribution in [2.45, 2.75) is 32.3 Å². The van der Waals surface area contributed by atoms with Gasteiger partial charge < -0.3 is 20.6 Å². The number of aliphatic hydroxyl groups excluding tert-OH is 1. The molecular weight excluding hydrogens is 230 g/mol. The van der Waals surface area contributed by atoms with E-state index in [4.69, 9.17) is 5.73 Å². The minimum absolute atomic E-state index is 0.228. The van der Waals surface area contributed by atoms with Crippen LogP contribution in [-0.2, 0) is 4.79 Å². The van der Waals surface area contributed by atoms with Crippen molar-refractivity contribution in [3.05, 3.63) is 0 Å². The van der Waals surface area contributed by atoms with Crippen LogP contribution in [0.4, 0.5) is 0 Å². The number of hydrogen-bond donors (Lipinski definition) is 2. The first-order valence-corrected chi connectivity index (χ1v) is 6.84. The maximum absolute atomic E-state index is 10.7. The van der Waals surface area contributed by atoms with E-state index in [1.54, 1.807) is 0 Å². The number of β-amino-alcohol motifs (C(OH)–C–C–N with tert-alkyl or cyclic N) is 1. The van der Waals surface area contributed by atoms with E-state index in [1.165, 1.54) is 12.8 Å². The Kier molecular flexibility index (Phi) is 6.60. The van der Waals surface area contributed by atoms with Gasteiger partial charge in [-0.05, 0) is 45.8 Å². The van der Waals surface area contributed by atoms with Gasteiger partial charge in [-0.15, -0.1) is 0 Å². The standard InChI is InChI=1S/C13H27N3O2/c1-11(17)9-16-7-3-12(4-8-16)10-15(2)6-5-13(14)18/h11-12,17H,3-10H2,1-2H3,(H2,14,18). The number of hydrogen-bond acceptors (Lipinski definition) is 4. The number of primary amides is 1. The molecule has 5 nitrogen and oxygen atoms in total. The molecule has 0 aliphatic carbocycles. The van der Waals surface area contributed by atoms with E-state index < -0.39 is 0 Å². The molecule has 0 aromatic rings. The lowest BCUT2D eigenvalue weighted by atomic mass is 9.96. The van der Waals surface area contributed by atoms with E-state index in [2.05, 4.69) is 9.80 Å². The topological polar surface area (TPSA) is 69.8 Å². The molecular formula is C13H27N3O2. The van der Waals surface area contributed by atoms with Gasteiger partial charge in [0.2, 0.25) is 5.91 Å². The molecule has 106 valence electrons. The molecule has 0 spiro atoms. The zero-order chi connectivity index (χ0) is 13.5. The molecule has 3 N–H and O–H groups in total. The van der Waals surface area contributed by atoms with Crippen molar-refractivity contribution in [2.75, 3.05) is 39.8 Å². The summed E-state index contributed by atoms with van der Waals surface area (Å²) in [4.78, 5) is 15.2. The van der Waals surface area contributed by atoms with Crippen LogP contribution in [0.1, 0.15) is 26.2 Å². The monoisotopic (exact) mass is 257 g/mol. The summed E-state index contributed by atoms with van der Waals surface area (Å²) in [6.07, 6.45) is 2.55. The fraction of sp³-hybridized carbons (Fsp3) is 0.923. The average molecular weight is 257 g/mol. The highest BCUT2D eigenvalue weighted by Crippen LogP contribution is 2.18. The Labute approximate surface area is 110 Å². The predicted octanol–water partition coefficient (Wildman–Crippen LogP) is -0.114. The van der Waals surface area contributed by atoms with Gasteiger partial charge in [-0.3, -0.25) is 4.79 Å². The van der Waals surface area contributed by atoms with Crippen LogP contribution in [0, 0.1) is 5.92 Å². The summed E-state index contributed by atoms with van der Waals surface area (Å²) in [5.41, 5.74) is 5.14. The zero-order valence-corrected chi connectivity index (χ0v) is 11.6. The summed E-state index contributed by atoms with van der Waals surface area (Å²) in [7, 11) is 2.05. The van der Waals surface area contributed by atoms with Crippen LogP contribution in [0.5, 0.6) is 0 Å². The number of nitrogens with zero attached hydrogens (tertiary/aromatic N) is 2. The van der Waals surface area contributed by atoms with Crippen molar-refractivity contribution in [3.63, 3.8) is 0 Å². The smallest absolute Gasteiger partial charge is 0.218 e. The Morgan fingerprint density at radius 3 is 2.61 bits per heavy atom. The van der Waals surface area contributed by atoms with Crippen molar-refractivity contribution in [3.8, 4) is 0 Å². The normalized spacial score (nSPS) is 20.2. The summed E-state index contributed by atoms with van der Waals surface area (Å²) >= 11 is 0. The molecule has 1 unspecified atom stereocenters. The van der Waals surface area contributed by atoms with Crippen molar-refractivity contribution in [2.24, 2.45) is 11.7 Å². The van der Waals surface area contributed by atoms with Crippen molar-refractivity contribution < 1.29 is 9.90 Å². The third kappa shape index (κ3) is 6.33. The van der Waals surface area contributed by atoms with Crippen molar-refractivity contribution in [1.29, 1.82) is 0 Å². The molecule has 1 amide bonds. The van der Waals surface area contributed by atoms with Crippen LogP contribution in [0.15, 0.2) is 0 Å². The first-order chi connectivity index (χ1) is 8.47. The van der Waals surface area contributed by atoms with Gasteiger partial charge in [0.25, 0.3) is 0 Å². The van der Waals surface area contributed by atoms with Gasteiger partial charge in [0.05, 0.1) is 6.10 Å². The number of aliphatic hydroxyl groups is 1. The van der Waals surface area contributed by atoms with Crippen LogP contribution in [0.3, 0.4) is 0 Å². The molecule has 1 aliphatic rings. The third-order valence-corrected chi connectivity index (χ3v) is 3.54. The molecule has 0 saturated carbocycles. The molecule has 0 radical (unpaired) electrons. The number of rotatable bonds is 7. The second-order valence-corrected chi connectivity index (χ2v) is 5.57. The Morgan fingerprint density at radius 2 is 2.11 bits per heavy atom. The second kappa shape index (κ2) is 7.71. The first-order valence-electron chi connectivity index (χ1n) is 6.84. The summed E-state index contributed by atoms with van der Waals surface area (Å²) in [5, 5.41) is 9.34. The van der Waals surface area contributed by atoms with E-state index >= 15 is 0 Å². The molecule has 0 aromatic carbocycles. The zero-order valence-electron chi connectivity index (χ0n) is 11.6. The molecule has 1 rings (SSSR count). The van der Waals surface area contributed by atoms with Crippen LogP contribution in [0.25, 0.3) is 0 Å².